The van der Waals surface area contributed by atoms with E-state index in [1.54, 1.807) is 6.26 Å². The van der Waals surface area contributed by atoms with Crippen LogP contribution in [0.15, 0.2) is 12.3 Å². The van der Waals surface area contributed by atoms with E-state index in [9.17, 15) is 0 Å². The normalized spacial score (nSPS) is 27.9. The van der Waals surface area contributed by atoms with Crippen LogP contribution in [0.25, 0.3) is 0 Å². The molecule has 3 nitrogen and oxygen atoms in total. The van der Waals surface area contributed by atoms with Crippen molar-refractivity contribution >= 4 is 0 Å². The third-order valence-electron chi connectivity index (χ3n) is 2.89. The van der Waals surface area contributed by atoms with Crippen molar-refractivity contribution in [1.82, 2.24) is 5.48 Å². The van der Waals surface area contributed by atoms with Gasteiger partial charge in [0.15, 0.2) is 0 Å². The highest BCUT2D eigenvalue weighted by molar-refractivity contribution is 4.82. The first-order valence-electron chi connectivity index (χ1n) is 5.64. The summed E-state index contributed by atoms with van der Waals surface area (Å²) in [5.74, 6) is 0. The maximum atomic E-state index is 5.55. The van der Waals surface area contributed by atoms with Crippen LogP contribution in [0.2, 0.25) is 0 Å². The summed E-state index contributed by atoms with van der Waals surface area (Å²) in [5.41, 5.74) is 3.04. The molecule has 0 bridgehead atoms. The minimum Gasteiger partial charge on any atom is -0.497 e. The zero-order valence-electron chi connectivity index (χ0n) is 8.58. The van der Waals surface area contributed by atoms with Gasteiger partial charge in [0.1, 0.15) is 6.10 Å². The average molecular weight is 197 g/mol. The Bertz CT molecular complexity index is 188. The number of nitrogens with one attached hydrogen (secondary N) is 1. The minimum atomic E-state index is 0.293. The zero-order chi connectivity index (χ0) is 9.64. The Kier molecular flexibility index (Phi) is 3.83. The highest BCUT2D eigenvalue weighted by atomic mass is 16.7. The number of ether oxygens (including phenoxy) is 1. The van der Waals surface area contributed by atoms with Crippen LogP contribution in [-0.2, 0) is 9.57 Å². The topological polar surface area (TPSA) is 30.5 Å². The maximum absolute atomic E-state index is 5.55. The quantitative estimate of drug-likeness (QED) is 0.700. The van der Waals surface area contributed by atoms with E-state index in [0.717, 1.165) is 19.4 Å². The highest BCUT2D eigenvalue weighted by Crippen LogP contribution is 2.20. The standard InChI is InChI=1S/C11H19NO2/c1-2-6-10(5-1)14-12-9-11-7-3-4-8-13-11/h4,8,10-12H,1-3,5-7,9H2. The molecule has 0 saturated heterocycles. The Hall–Kier alpha value is -0.540. The van der Waals surface area contributed by atoms with Gasteiger partial charge in [-0.2, -0.15) is 5.48 Å². The van der Waals surface area contributed by atoms with Gasteiger partial charge in [0.2, 0.25) is 0 Å². The molecule has 1 saturated carbocycles. The molecule has 2 aliphatic rings. The molecule has 0 amide bonds. The second-order valence-electron chi connectivity index (χ2n) is 4.08. The van der Waals surface area contributed by atoms with Crippen LogP contribution in [0, 0.1) is 0 Å². The molecule has 2 rings (SSSR count). The van der Waals surface area contributed by atoms with Crippen LogP contribution in [-0.4, -0.2) is 18.8 Å². The summed E-state index contributed by atoms with van der Waals surface area (Å²) in [6.45, 7) is 0.806. The Labute approximate surface area is 85.4 Å². The number of hydroxylamine groups is 1. The van der Waals surface area contributed by atoms with E-state index in [0.29, 0.717) is 12.2 Å². The molecule has 0 aromatic rings. The molecule has 0 aromatic heterocycles. The van der Waals surface area contributed by atoms with Crippen molar-refractivity contribution in [2.24, 2.45) is 0 Å². The maximum Gasteiger partial charge on any atom is 0.113 e. The SMILES string of the molecule is C1=COC(CNOC2CCCC2)CC1. The molecule has 1 aliphatic heterocycles. The molecule has 1 atom stereocenters. The van der Waals surface area contributed by atoms with Crippen LogP contribution < -0.4 is 5.48 Å². The highest BCUT2D eigenvalue weighted by Gasteiger charge is 2.16. The number of allylic oxidation sites excluding steroid dienone is 1. The minimum absolute atomic E-state index is 0.293. The van der Waals surface area contributed by atoms with Crippen LogP contribution in [0.3, 0.4) is 0 Å². The first-order valence-corrected chi connectivity index (χ1v) is 5.64. The lowest BCUT2D eigenvalue weighted by atomic mass is 10.2. The van der Waals surface area contributed by atoms with Gasteiger partial charge < -0.3 is 4.74 Å². The lowest BCUT2D eigenvalue weighted by molar-refractivity contribution is -0.0405. The van der Waals surface area contributed by atoms with Crippen molar-refractivity contribution in [3.63, 3.8) is 0 Å². The van der Waals surface area contributed by atoms with Crippen LogP contribution >= 0.6 is 0 Å². The Morgan fingerprint density at radius 3 is 2.86 bits per heavy atom. The van der Waals surface area contributed by atoms with Gasteiger partial charge in [-0.15, -0.1) is 0 Å². The van der Waals surface area contributed by atoms with Crippen LogP contribution in [0.5, 0.6) is 0 Å². The van der Waals surface area contributed by atoms with Crippen LogP contribution in [0.1, 0.15) is 38.5 Å². The monoisotopic (exact) mass is 197 g/mol. The van der Waals surface area contributed by atoms with Gasteiger partial charge in [0.25, 0.3) is 0 Å². The number of hydrogen-bond donors (Lipinski definition) is 1. The lowest BCUT2D eigenvalue weighted by Crippen LogP contribution is -2.31. The van der Waals surface area contributed by atoms with E-state index < -0.39 is 0 Å². The number of rotatable bonds is 4. The molecule has 1 heterocycles. The Morgan fingerprint density at radius 2 is 2.14 bits per heavy atom. The van der Waals surface area contributed by atoms with Crippen LogP contribution in [0.4, 0.5) is 0 Å². The third-order valence-corrected chi connectivity index (χ3v) is 2.89. The molecule has 1 fully saturated rings. The van der Waals surface area contributed by atoms with Gasteiger partial charge in [0, 0.05) is 0 Å². The summed E-state index contributed by atoms with van der Waals surface area (Å²) in [6, 6.07) is 0. The van der Waals surface area contributed by atoms with Crippen molar-refractivity contribution in [2.45, 2.75) is 50.7 Å². The lowest BCUT2D eigenvalue weighted by Gasteiger charge is -2.20. The predicted molar refractivity (Wildman–Crippen MR) is 54.6 cm³/mol. The third kappa shape index (κ3) is 3.00. The largest absolute Gasteiger partial charge is 0.497 e. The van der Waals surface area contributed by atoms with Crippen molar-refractivity contribution in [3.05, 3.63) is 12.3 Å². The Balaban J connectivity index is 1.55. The summed E-state index contributed by atoms with van der Waals surface area (Å²) in [7, 11) is 0. The molecule has 80 valence electrons. The summed E-state index contributed by atoms with van der Waals surface area (Å²) >= 11 is 0. The van der Waals surface area contributed by atoms with E-state index in [1.807, 2.05) is 0 Å². The molecule has 1 N–H and O–H groups in total. The van der Waals surface area contributed by atoms with Crippen molar-refractivity contribution < 1.29 is 9.57 Å². The van der Waals surface area contributed by atoms with Gasteiger partial charge in [-0.1, -0.05) is 12.8 Å². The van der Waals surface area contributed by atoms with E-state index in [4.69, 9.17) is 9.57 Å². The molecule has 0 radical (unpaired) electrons. The molecule has 14 heavy (non-hydrogen) atoms. The van der Waals surface area contributed by atoms with Gasteiger partial charge in [-0.25, -0.2) is 0 Å². The first kappa shape index (κ1) is 9.99. The molecule has 1 unspecified atom stereocenters. The van der Waals surface area contributed by atoms with E-state index in [2.05, 4.69) is 11.6 Å². The fourth-order valence-electron chi connectivity index (χ4n) is 2.00. The molecule has 1 aliphatic carbocycles. The first-order chi connectivity index (χ1) is 6.95. The smallest absolute Gasteiger partial charge is 0.113 e. The second-order valence-corrected chi connectivity index (χ2v) is 4.08. The summed E-state index contributed by atoms with van der Waals surface area (Å²) in [6.07, 6.45) is 11.9. The van der Waals surface area contributed by atoms with Crippen molar-refractivity contribution in [2.75, 3.05) is 6.54 Å². The summed E-state index contributed by atoms with van der Waals surface area (Å²) in [4.78, 5) is 5.55. The summed E-state index contributed by atoms with van der Waals surface area (Å²) < 4.78 is 5.42. The van der Waals surface area contributed by atoms with Crippen molar-refractivity contribution in [1.29, 1.82) is 0 Å². The number of hydrogen-bond acceptors (Lipinski definition) is 3. The predicted octanol–water partition coefficient (Wildman–Crippen LogP) is 2.14. The molecular weight excluding hydrogens is 178 g/mol. The fraction of sp³-hybridized carbons (Fsp3) is 0.818. The summed E-state index contributed by atoms with van der Waals surface area (Å²) in [5, 5.41) is 0. The van der Waals surface area contributed by atoms with E-state index in [1.165, 1.54) is 25.7 Å². The van der Waals surface area contributed by atoms with Gasteiger partial charge in [-0.3, -0.25) is 4.84 Å². The van der Waals surface area contributed by atoms with Crippen molar-refractivity contribution in [3.8, 4) is 0 Å². The van der Waals surface area contributed by atoms with E-state index >= 15 is 0 Å². The zero-order valence-corrected chi connectivity index (χ0v) is 8.58. The van der Waals surface area contributed by atoms with Gasteiger partial charge in [0.05, 0.1) is 18.9 Å². The second kappa shape index (κ2) is 5.37. The van der Waals surface area contributed by atoms with Gasteiger partial charge in [-0.05, 0) is 31.8 Å². The molecular formula is C11H19NO2. The molecule has 0 spiro atoms. The van der Waals surface area contributed by atoms with Gasteiger partial charge >= 0.3 is 0 Å². The van der Waals surface area contributed by atoms with E-state index in [-0.39, 0.29) is 0 Å². The average Bonchev–Trinajstić information content (AvgIpc) is 2.72. The molecule has 3 heteroatoms. The Morgan fingerprint density at radius 1 is 1.29 bits per heavy atom. The fourth-order valence-corrected chi connectivity index (χ4v) is 2.00. The molecule has 0 aromatic carbocycles.